The van der Waals surface area contributed by atoms with E-state index in [-0.39, 0.29) is 11.6 Å². The van der Waals surface area contributed by atoms with E-state index in [4.69, 9.17) is 0 Å². The van der Waals surface area contributed by atoms with E-state index in [1.165, 1.54) is 6.07 Å². The van der Waals surface area contributed by atoms with Gasteiger partial charge in [0.25, 0.3) is 5.91 Å². The van der Waals surface area contributed by atoms with Gasteiger partial charge in [-0.1, -0.05) is 12.8 Å². The number of aliphatic hydroxyl groups excluding tert-OH is 1. The second-order valence-corrected chi connectivity index (χ2v) is 4.86. The van der Waals surface area contributed by atoms with Gasteiger partial charge in [0.2, 0.25) is 5.82 Å². The zero-order valence-electron chi connectivity index (χ0n) is 10.7. The van der Waals surface area contributed by atoms with Crippen LogP contribution in [0.3, 0.4) is 0 Å². The number of carbonyl (C=O) groups excluding carboxylic acids is 1. The molecular weight excluding hydrogens is 267 g/mol. The Morgan fingerprint density at radius 2 is 2.10 bits per heavy atom. The van der Waals surface area contributed by atoms with Crippen molar-refractivity contribution < 1.29 is 19.2 Å². The van der Waals surface area contributed by atoms with E-state index in [9.17, 15) is 24.4 Å². The van der Waals surface area contributed by atoms with Gasteiger partial charge in [-0.3, -0.25) is 14.9 Å². The molecule has 0 radical (unpaired) electrons. The molecule has 7 heteroatoms. The molecule has 2 rings (SSSR count). The Balaban J connectivity index is 2.13. The fourth-order valence-corrected chi connectivity index (χ4v) is 2.33. The first kappa shape index (κ1) is 14.4. The highest BCUT2D eigenvalue weighted by Crippen LogP contribution is 2.21. The lowest BCUT2D eigenvalue weighted by molar-refractivity contribution is -0.387. The standard InChI is InChI=1S/C13H15FN2O4/c14-9-6-5-8(7-11(9)16(19)20)13(18)15-10-3-1-2-4-12(10)17/h5-7,10,12,17H,1-4H2,(H,15,18). The maximum atomic E-state index is 13.2. The van der Waals surface area contributed by atoms with Crippen LogP contribution in [0.4, 0.5) is 10.1 Å². The highest BCUT2D eigenvalue weighted by atomic mass is 19.1. The van der Waals surface area contributed by atoms with Crippen molar-refractivity contribution in [1.82, 2.24) is 5.32 Å². The van der Waals surface area contributed by atoms with Gasteiger partial charge in [0.05, 0.1) is 17.1 Å². The number of carbonyl (C=O) groups is 1. The van der Waals surface area contributed by atoms with Crippen molar-refractivity contribution in [2.24, 2.45) is 0 Å². The molecule has 1 aromatic carbocycles. The fraction of sp³-hybridized carbons (Fsp3) is 0.462. The molecular formula is C13H15FN2O4. The summed E-state index contributed by atoms with van der Waals surface area (Å²) in [7, 11) is 0. The molecule has 0 bridgehead atoms. The molecule has 20 heavy (non-hydrogen) atoms. The van der Waals surface area contributed by atoms with E-state index in [0.717, 1.165) is 25.0 Å². The molecule has 0 spiro atoms. The van der Waals surface area contributed by atoms with Crippen LogP contribution >= 0.6 is 0 Å². The summed E-state index contributed by atoms with van der Waals surface area (Å²) in [6.07, 6.45) is 2.49. The topological polar surface area (TPSA) is 92.5 Å². The maximum Gasteiger partial charge on any atom is 0.305 e. The normalized spacial score (nSPS) is 22.3. The van der Waals surface area contributed by atoms with E-state index in [0.29, 0.717) is 12.8 Å². The minimum absolute atomic E-state index is 0.0101. The van der Waals surface area contributed by atoms with Crippen LogP contribution in [0.1, 0.15) is 36.0 Å². The Kier molecular flexibility index (Phi) is 4.29. The molecule has 1 aliphatic carbocycles. The van der Waals surface area contributed by atoms with E-state index in [2.05, 4.69) is 5.32 Å². The number of nitrogens with zero attached hydrogens (tertiary/aromatic N) is 1. The summed E-state index contributed by atoms with van der Waals surface area (Å²) in [6, 6.07) is 2.62. The van der Waals surface area contributed by atoms with Gasteiger partial charge in [-0.25, -0.2) is 0 Å². The molecule has 0 aliphatic heterocycles. The number of halogens is 1. The number of hydrogen-bond donors (Lipinski definition) is 2. The molecule has 1 aliphatic rings. The Bertz CT molecular complexity index is 535. The van der Waals surface area contributed by atoms with Gasteiger partial charge in [-0.2, -0.15) is 4.39 Å². The third-order valence-electron chi connectivity index (χ3n) is 3.45. The zero-order valence-corrected chi connectivity index (χ0v) is 10.7. The summed E-state index contributed by atoms with van der Waals surface area (Å²) >= 11 is 0. The molecule has 0 heterocycles. The van der Waals surface area contributed by atoms with Crippen molar-refractivity contribution >= 4 is 11.6 Å². The highest BCUT2D eigenvalue weighted by Gasteiger charge is 2.25. The van der Waals surface area contributed by atoms with Crippen molar-refractivity contribution in [3.05, 3.63) is 39.7 Å². The van der Waals surface area contributed by atoms with E-state index in [1.54, 1.807) is 0 Å². The van der Waals surface area contributed by atoms with E-state index in [1.807, 2.05) is 0 Å². The molecule has 1 amide bonds. The maximum absolute atomic E-state index is 13.2. The van der Waals surface area contributed by atoms with Gasteiger partial charge >= 0.3 is 5.69 Å². The highest BCUT2D eigenvalue weighted by molar-refractivity contribution is 5.95. The monoisotopic (exact) mass is 282 g/mol. The third-order valence-corrected chi connectivity index (χ3v) is 3.45. The molecule has 1 fully saturated rings. The van der Waals surface area contributed by atoms with Crippen LogP contribution in [0.15, 0.2) is 18.2 Å². The summed E-state index contributed by atoms with van der Waals surface area (Å²) in [5, 5.41) is 23.0. The number of nitro benzene ring substituents is 1. The first-order valence-corrected chi connectivity index (χ1v) is 6.42. The largest absolute Gasteiger partial charge is 0.391 e. The number of benzene rings is 1. The van der Waals surface area contributed by atoms with E-state index >= 15 is 0 Å². The number of rotatable bonds is 3. The van der Waals surface area contributed by atoms with E-state index < -0.39 is 28.4 Å². The van der Waals surface area contributed by atoms with Gasteiger partial charge in [0.15, 0.2) is 0 Å². The minimum atomic E-state index is -0.982. The number of nitro groups is 1. The van der Waals surface area contributed by atoms with Crippen molar-refractivity contribution in [2.75, 3.05) is 0 Å². The predicted molar refractivity (Wildman–Crippen MR) is 68.8 cm³/mol. The zero-order chi connectivity index (χ0) is 14.7. The minimum Gasteiger partial charge on any atom is -0.391 e. The average molecular weight is 282 g/mol. The van der Waals surface area contributed by atoms with Crippen LogP contribution < -0.4 is 5.32 Å². The summed E-state index contributed by atoms with van der Waals surface area (Å²) in [5.74, 6) is -1.52. The molecule has 1 saturated carbocycles. The SMILES string of the molecule is O=C(NC1CCCCC1O)c1ccc(F)c([N+](=O)[O-])c1. The van der Waals surface area contributed by atoms with Gasteiger partial charge < -0.3 is 10.4 Å². The molecule has 2 atom stereocenters. The van der Waals surface area contributed by atoms with Gasteiger partial charge in [-0.15, -0.1) is 0 Å². The van der Waals surface area contributed by atoms with Crippen molar-refractivity contribution in [3.8, 4) is 0 Å². The second kappa shape index (κ2) is 5.96. The number of amides is 1. The molecule has 2 N–H and O–H groups in total. The van der Waals surface area contributed by atoms with Crippen LogP contribution in [0.2, 0.25) is 0 Å². The van der Waals surface area contributed by atoms with Crippen molar-refractivity contribution in [2.45, 2.75) is 37.8 Å². The smallest absolute Gasteiger partial charge is 0.305 e. The van der Waals surface area contributed by atoms with Gasteiger partial charge in [0, 0.05) is 11.6 Å². The summed E-state index contributed by atoms with van der Waals surface area (Å²) in [5.41, 5.74) is -0.724. The Labute approximate surface area is 114 Å². The van der Waals surface area contributed by atoms with Gasteiger partial charge in [0.1, 0.15) is 0 Å². The second-order valence-electron chi connectivity index (χ2n) is 4.86. The Hall–Kier alpha value is -2.02. The van der Waals surface area contributed by atoms with Crippen LogP contribution in [0.25, 0.3) is 0 Å². The first-order valence-electron chi connectivity index (χ1n) is 6.42. The number of aliphatic hydroxyl groups is 1. The molecule has 6 nitrogen and oxygen atoms in total. The third kappa shape index (κ3) is 3.11. The van der Waals surface area contributed by atoms with Crippen LogP contribution in [-0.4, -0.2) is 28.1 Å². The predicted octanol–water partition coefficient (Wildman–Crippen LogP) is 1.77. The van der Waals surface area contributed by atoms with Crippen molar-refractivity contribution in [1.29, 1.82) is 0 Å². The summed E-state index contributed by atoms with van der Waals surface area (Å²) in [4.78, 5) is 21.7. The Morgan fingerprint density at radius 1 is 1.40 bits per heavy atom. The Morgan fingerprint density at radius 3 is 2.75 bits per heavy atom. The van der Waals surface area contributed by atoms with Crippen molar-refractivity contribution in [3.63, 3.8) is 0 Å². The molecule has 108 valence electrons. The lowest BCUT2D eigenvalue weighted by atomic mass is 9.92. The van der Waals surface area contributed by atoms with Crippen LogP contribution in [0.5, 0.6) is 0 Å². The number of hydrogen-bond acceptors (Lipinski definition) is 4. The molecule has 0 aromatic heterocycles. The molecule has 1 aromatic rings. The number of nitrogens with one attached hydrogen (secondary N) is 1. The van der Waals surface area contributed by atoms with Crippen LogP contribution in [-0.2, 0) is 0 Å². The molecule has 2 unspecified atom stereocenters. The first-order chi connectivity index (χ1) is 9.49. The average Bonchev–Trinajstić information content (AvgIpc) is 2.41. The van der Waals surface area contributed by atoms with Gasteiger partial charge in [-0.05, 0) is 25.0 Å². The van der Waals surface area contributed by atoms with Crippen LogP contribution in [0, 0.1) is 15.9 Å². The fourth-order valence-electron chi connectivity index (χ4n) is 2.33. The lowest BCUT2D eigenvalue weighted by Crippen LogP contribution is -2.45. The lowest BCUT2D eigenvalue weighted by Gasteiger charge is -2.28. The summed E-state index contributed by atoms with van der Waals surface area (Å²) in [6.45, 7) is 0. The quantitative estimate of drug-likeness (QED) is 0.652. The summed E-state index contributed by atoms with van der Waals surface area (Å²) < 4.78 is 13.2. The molecule has 0 saturated heterocycles.